The molecular weight excluding hydrogens is 322 g/mol. The lowest BCUT2D eigenvalue weighted by Crippen LogP contribution is -2.15. The first-order valence-electron chi connectivity index (χ1n) is 7.56. The number of esters is 1. The summed E-state index contributed by atoms with van der Waals surface area (Å²) in [5.74, 6) is -0.697. The molecular formula is C19H17NO3S. The van der Waals surface area contributed by atoms with Gasteiger partial charge in [0.1, 0.15) is 5.00 Å². The summed E-state index contributed by atoms with van der Waals surface area (Å²) in [5, 5.41) is 2.66. The van der Waals surface area contributed by atoms with E-state index in [1.165, 1.54) is 11.3 Å². The fourth-order valence-electron chi connectivity index (χ4n) is 2.53. The van der Waals surface area contributed by atoms with Crippen LogP contribution in [0.2, 0.25) is 0 Å². The van der Waals surface area contributed by atoms with E-state index in [2.05, 4.69) is 0 Å². The van der Waals surface area contributed by atoms with Crippen LogP contribution in [0.4, 0.5) is 0 Å². The fourth-order valence-corrected chi connectivity index (χ4v) is 3.54. The van der Waals surface area contributed by atoms with Gasteiger partial charge in [-0.2, -0.15) is 0 Å². The van der Waals surface area contributed by atoms with Gasteiger partial charge in [-0.25, -0.2) is 4.79 Å². The normalized spacial score (nSPS) is 10.6. The van der Waals surface area contributed by atoms with Crippen molar-refractivity contribution in [2.45, 2.75) is 13.8 Å². The summed E-state index contributed by atoms with van der Waals surface area (Å²) < 4.78 is 7.24. The maximum Gasteiger partial charge on any atom is 0.341 e. The van der Waals surface area contributed by atoms with E-state index in [1.54, 1.807) is 30.3 Å². The van der Waals surface area contributed by atoms with Crippen LogP contribution in [0.25, 0.3) is 5.00 Å². The molecule has 0 atom stereocenters. The molecule has 0 radical (unpaired) electrons. The Morgan fingerprint density at radius 1 is 1.00 bits per heavy atom. The zero-order valence-electron chi connectivity index (χ0n) is 13.5. The summed E-state index contributed by atoms with van der Waals surface area (Å²) in [6, 6.07) is 14.5. The third-order valence-electron chi connectivity index (χ3n) is 3.77. The second-order valence-corrected chi connectivity index (χ2v) is 6.35. The van der Waals surface area contributed by atoms with Gasteiger partial charge in [0.15, 0.2) is 12.4 Å². The first kappa shape index (κ1) is 16.2. The number of benzene rings is 1. The molecule has 0 spiro atoms. The third kappa shape index (κ3) is 3.16. The number of ketones is 1. The van der Waals surface area contributed by atoms with Crippen molar-refractivity contribution in [1.82, 2.24) is 4.57 Å². The molecule has 0 unspecified atom stereocenters. The summed E-state index contributed by atoms with van der Waals surface area (Å²) in [4.78, 5) is 24.5. The minimum atomic E-state index is -0.483. The number of hydrogen-bond acceptors (Lipinski definition) is 4. The molecule has 5 heteroatoms. The topological polar surface area (TPSA) is 48.3 Å². The summed E-state index contributed by atoms with van der Waals surface area (Å²) in [6.45, 7) is 3.71. The molecule has 2 aromatic heterocycles. The number of aryl methyl sites for hydroxylation is 2. The zero-order chi connectivity index (χ0) is 17.1. The van der Waals surface area contributed by atoms with Gasteiger partial charge in [0.2, 0.25) is 0 Å². The molecule has 4 nitrogen and oxygen atoms in total. The summed E-state index contributed by atoms with van der Waals surface area (Å²) in [6.07, 6.45) is 0. The van der Waals surface area contributed by atoms with Gasteiger partial charge >= 0.3 is 5.97 Å². The van der Waals surface area contributed by atoms with Crippen LogP contribution in [0.1, 0.15) is 32.1 Å². The van der Waals surface area contributed by atoms with Crippen molar-refractivity contribution in [2.24, 2.45) is 0 Å². The Hall–Kier alpha value is -2.66. The van der Waals surface area contributed by atoms with Gasteiger partial charge in [-0.3, -0.25) is 4.79 Å². The predicted octanol–water partition coefficient (Wildman–Crippen LogP) is 4.20. The van der Waals surface area contributed by atoms with E-state index in [-0.39, 0.29) is 12.4 Å². The maximum atomic E-state index is 12.4. The molecule has 0 N–H and O–H groups in total. The first-order valence-corrected chi connectivity index (χ1v) is 8.44. The van der Waals surface area contributed by atoms with E-state index in [0.717, 1.165) is 16.4 Å². The highest BCUT2D eigenvalue weighted by Gasteiger charge is 2.19. The Labute approximate surface area is 144 Å². The van der Waals surface area contributed by atoms with Crippen molar-refractivity contribution in [3.63, 3.8) is 0 Å². The van der Waals surface area contributed by atoms with Gasteiger partial charge in [-0.15, -0.1) is 11.3 Å². The number of ether oxygens (including phenoxy) is 1. The smallest absolute Gasteiger partial charge is 0.341 e. The van der Waals surface area contributed by atoms with Gasteiger partial charge in [0, 0.05) is 17.0 Å². The minimum Gasteiger partial charge on any atom is -0.454 e. The largest absolute Gasteiger partial charge is 0.454 e. The van der Waals surface area contributed by atoms with Crippen LogP contribution in [0.3, 0.4) is 0 Å². The second-order valence-electron chi connectivity index (χ2n) is 5.46. The van der Waals surface area contributed by atoms with E-state index in [1.807, 2.05) is 42.0 Å². The lowest BCUT2D eigenvalue weighted by atomic mass is 10.1. The Kier molecular flexibility index (Phi) is 4.62. The van der Waals surface area contributed by atoms with Crippen LogP contribution < -0.4 is 0 Å². The molecule has 2 heterocycles. The van der Waals surface area contributed by atoms with Crippen molar-refractivity contribution in [2.75, 3.05) is 6.61 Å². The third-order valence-corrected chi connectivity index (χ3v) is 4.67. The standard InChI is InChI=1S/C19H17NO3S/c1-13-8-9-14(2)20(13)18-16(10-11-24-18)19(22)23-12-17(21)15-6-4-3-5-7-15/h3-11H,12H2,1-2H3. The number of Topliss-reactive ketones (excluding diaryl/α,β-unsaturated/α-hetero) is 1. The maximum absolute atomic E-state index is 12.4. The van der Waals surface area contributed by atoms with E-state index in [4.69, 9.17) is 4.74 Å². The van der Waals surface area contributed by atoms with Crippen molar-refractivity contribution >= 4 is 23.1 Å². The quantitative estimate of drug-likeness (QED) is 0.517. The van der Waals surface area contributed by atoms with E-state index < -0.39 is 5.97 Å². The molecule has 1 aromatic carbocycles. The predicted molar refractivity (Wildman–Crippen MR) is 94.2 cm³/mol. The Balaban J connectivity index is 1.75. The molecule has 24 heavy (non-hydrogen) atoms. The summed E-state index contributed by atoms with van der Waals surface area (Å²) in [7, 11) is 0. The van der Waals surface area contributed by atoms with Crippen LogP contribution >= 0.6 is 11.3 Å². The number of aromatic nitrogens is 1. The molecule has 122 valence electrons. The van der Waals surface area contributed by atoms with Crippen LogP contribution in [-0.4, -0.2) is 22.9 Å². The molecule has 0 fully saturated rings. The highest BCUT2D eigenvalue weighted by molar-refractivity contribution is 7.13. The average molecular weight is 339 g/mol. The van der Waals surface area contributed by atoms with Crippen LogP contribution in [0, 0.1) is 13.8 Å². The number of hydrogen-bond donors (Lipinski definition) is 0. The Morgan fingerprint density at radius 2 is 1.67 bits per heavy atom. The van der Waals surface area contributed by atoms with Crippen LogP contribution in [0.5, 0.6) is 0 Å². The highest BCUT2D eigenvalue weighted by Crippen LogP contribution is 2.26. The molecule has 3 aromatic rings. The monoisotopic (exact) mass is 339 g/mol. The van der Waals surface area contributed by atoms with Crippen molar-refractivity contribution in [3.8, 4) is 5.00 Å². The number of rotatable bonds is 5. The van der Waals surface area contributed by atoms with E-state index in [9.17, 15) is 9.59 Å². The van der Waals surface area contributed by atoms with Gasteiger partial charge in [0.25, 0.3) is 0 Å². The number of carbonyl (C=O) groups is 2. The average Bonchev–Trinajstić information content (AvgIpc) is 3.19. The zero-order valence-corrected chi connectivity index (χ0v) is 14.3. The Morgan fingerprint density at radius 3 is 2.33 bits per heavy atom. The van der Waals surface area contributed by atoms with Crippen molar-refractivity contribution < 1.29 is 14.3 Å². The lowest BCUT2D eigenvalue weighted by molar-refractivity contribution is 0.0475. The highest BCUT2D eigenvalue weighted by atomic mass is 32.1. The van der Waals surface area contributed by atoms with Gasteiger partial charge in [-0.05, 0) is 37.4 Å². The van der Waals surface area contributed by atoms with Crippen LogP contribution in [-0.2, 0) is 4.74 Å². The molecule has 0 aliphatic heterocycles. The molecule has 0 aliphatic rings. The number of nitrogens with zero attached hydrogens (tertiary/aromatic N) is 1. The molecule has 0 saturated carbocycles. The fraction of sp³-hybridized carbons (Fsp3) is 0.158. The van der Waals surface area contributed by atoms with Crippen LogP contribution in [0.15, 0.2) is 53.9 Å². The molecule has 0 saturated heterocycles. The number of thiophene rings is 1. The summed E-state index contributed by atoms with van der Waals surface area (Å²) in [5.41, 5.74) is 3.10. The second kappa shape index (κ2) is 6.84. The lowest BCUT2D eigenvalue weighted by Gasteiger charge is -2.10. The molecule has 0 aliphatic carbocycles. The first-order chi connectivity index (χ1) is 11.6. The van der Waals surface area contributed by atoms with E-state index >= 15 is 0 Å². The van der Waals surface area contributed by atoms with E-state index in [0.29, 0.717) is 11.1 Å². The van der Waals surface area contributed by atoms with Crippen molar-refractivity contribution in [1.29, 1.82) is 0 Å². The molecule has 3 rings (SSSR count). The molecule has 0 amide bonds. The minimum absolute atomic E-state index is 0.214. The molecule has 0 bridgehead atoms. The Bertz CT molecular complexity index is 858. The number of carbonyl (C=O) groups excluding carboxylic acids is 2. The van der Waals surface area contributed by atoms with Gasteiger partial charge in [-0.1, -0.05) is 30.3 Å². The summed E-state index contributed by atoms with van der Waals surface area (Å²) >= 11 is 1.47. The van der Waals surface area contributed by atoms with Crippen molar-refractivity contribution in [3.05, 3.63) is 76.4 Å². The SMILES string of the molecule is Cc1ccc(C)n1-c1sccc1C(=O)OCC(=O)c1ccccc1. The van der Waals surface area contributed by atoms with Gasteiger partial charge < -0.3 is 9.30 Å². The van der Waals surface area contributed by atoms with Gasteiger partial charge in [0.05, 0.1) is 5.56 Å².